The first kappa shape index (κ1) is 17.1. The zero-order valence-electron chi connectivity index (χ0n) is 9.80. The molecular weight excluding hydrogens is 405 g/mol. The van der Waals surface area contributed by atoms with Crippen LogP contribution in [0, 0.1) is 0 Å². The summed E-state index contributed by atoms with van der Waals surface area (Å²) in [6.07, 6.45) is 0. The van der Waals surface area contributed by atoms with Gasteiger partial charge in [0.05, 0.1) is 20.1 Å². The Balaban J connectivity index is 2.09. The van der Waals surface area contributed by atoms with E-state index in [0.717, 1.165) is 0 Å². The maximum atomic E-state index is 5.90. The molecule has 0 bridgehead atoms. The third-order valence-electron chi connectivity index (χ3n) is 2.16. The van der Waals surface area contributed by atoms with Crippen molar-refractivity contribution >= 4 is 69.6 Å². The molecule has 0 unspecified atom stereocenters. The van der Waals surface area contributed by atoms with Gasteiger partial charge >= 0.3 is 0 Å². The van der Waals surface area contributed by atoms with Crippen LogP contribution in [0.3, 0.4) is 0 Å². The molecule has 9 heteroatoms. The minimum atomic E-state index is 0.0314. The molecule has 0 amide bonds. The molecule has 0 N–H and O–H groups in total. The summed E-state index contributed by atoms with van der Waals surface area (Å²) in [5.74, 6) is 0.0629. The van der Waals surface area contributed by atoms with Crippen molar-refractivity contribution in [2.75, 3.05) is 0 Å². The quantitative estimate of drug-likeness (QED) is 0.406. The molecule has 0 atom stereocenters. The molecule has 0 spiro atoms. The minimum Gasteiger partial charge on any atom is -0.296 e. The first-order valence-corrected chi connectivity index (χ1v) is 7.45. The van der Waals surface area contributed by atoms with Crippen LogP contribution in [-0.2, 0) is 5.04 Å². The lowest BCUT2D eigenvalue weighted by Gasteiger charge is -2.10. The van der Waals surface area contributed by atoms with Crippen molar-refractivity contribution in [3.63, 3.8) is 0 Å². The number of halogens is 6. The van der Waals surface area contributed by atoms with E-state index in [2.05, 4.69) is 5.04 Å². The van der Waals surface area contributed by atoms with E-state index in [0.29, 0.717) is 10.0 Å². The largest absolute Gasteiger partial charge is 0.296 e. The van der Waals surface area contributed by atoms with Crippen molar-refractivity contribution in [2.45, 2.75) is 0 Å². The van der Waals surface area contributed by atoms with Crippen LogP contribution in [0.2, 0.25) is 30.1 Å². The van der Waals surface area contributed by atoms with Crippen LogP contribution in [-0.4, -0.2) is 0 Å². The molecule has 0 saturated heterocycles. The van der Waals surface area contributed by atoms with Crippen LogP contribution in [0.1, 0.15) is 0 Å². The van der Waals surface area contributed by atoms with E-state index in [9.17, 15) is 0 Å². The van der Waals surface area contributed by atoms with Crippen LogP contribution in [0.25, 0.3) is 0 Å². The lowest BCUT2D eigenvalue weighted by atomic mass is 10.3. The highest BCUT2D eigenvalue weighted by Crippen LogP contribution is 2.38. The zero-order valence-corrected chi connectivity index (χ0v) is 14.3. The van der Waals surface area contributed by atoms with E-state index in [1.165, 1.54) is 24.3 Å². The van der Waals surface area contributed by atoms with Gasteiger partial charge in [-0.2, -0.15) is 0 Å². The second-order valence-corrected chi connectivity index (χ2v) is 6.13. The summed E-state index contributed by atoms with van der Waals surface area (Å²) in [7, 11) is 0. The summed E-state index contributed by atoms with van der Waals surface area (Å²) in [4.78, 5) is 9.74. The maximum absolute atomic E-state index is 5.90. The summed E-state index contributed by atoms with van der Waals surface area (Å²) in [6, 6.07) is 5.71. The number of hydrogen-bond donors (Lipinski definition) is 0. The van der Waals surface area contributed by atoms with Gasteiger partial charge in [0.1, 0.15) is 0 Å². The van der Waals surface area contributed by atoms with Crippen molar-refractivity contribution in [1.29, 1.82) is 0 Å². The second-order valence-electron chi connectivity index (χ2n) is 3.63. The molecule has 112 valence electrons. The summed E-state index contributed by atoms with van der Waals surface area (Å²) in [6.45, 7) is 0. The molecule has 0 fully saturated rings. The lowest BCUT2D eigenvalue weighted by Crippen LogP contribution is -2.03. The Kier molecular flexibility index (Phi) is 5.97. The first-order chi connectivity index (χ1) is 9.88. The summed E-state index contributed by atoms with van der Waals surface area (Å²) >= 11 is 35.1. The van der Waals surface area contributed by atoms with Gasteiger partial charge in [0, 0.05) is 15.1 Å². The normalized spacial score (nSPS) is 10.6. The molecule has 2 aromatic rings. The average molecular weight is 409 g/mol. The molecule has 21 heavy (non-hydrogen) atoms. The van der Waals surface area contributed by atoms with Gasteiger partial charge in [-0.1, -0.05) is 69.6 Å². The van der Waals surface area contributed by atoms with Gasteiger partial charge in [0.15, 0.2) is 0 Å². The van der Waals surface area contributed by atoms with Crippen LogP contribution < -0.4 is 9.78 Å². The van der Waals surface area contributed by atoms with E-state index >= 15 is 0 Å². The average Bonchev–Trinajstić information content (AvgIpc) is 2.34. The van der Waals surface area contributed by atoms with Crippen LogP contribution in [0.15, 0.2) is 24.3 Å². The molecule has 0 aromatic heterocycles. The SMILES string of the molecule is Clc1cc(Cl)c(OOOc2c(Cl)cc(Cl)cc2Cl)c(Cl)c1. The fraction of sp³-hybridized carbons (Fsp3) is 0. The second kappa shape index (κ2) is 7.34. The van der Waals surface area contributed by atoms with Gasteiger partial charge in [0.25, 0.3) is 0 Å². The van der Waals surface area contributed by atoms with Crippen molar-refractivity contribution in [3.8, 4) is 11.5 Å². The van der Waals surface area contributed by atoms with Gasteiger partial charge in [-0.05, 0) is 24.3 Å². The predicted octanol–water partition coefficient (Wildman–Crippen LogP) is 6.91. The molecule has 2 rings (SSSR count). The molecule has 2 aromatic carbocycles. The van der Waals surface area contributed by atoms with Gasteiger partial charge in [-0.25, -0.2) is 0 Å². The van der Waals surface area contributed by atoms with Gasteiger partial charge in [-0.3, -0.25) is 9.78 Å². The fourth-order valence-electron chi connectivity index (χ4n) is 1.30. The topological polar surface area (TPSA) is 27.7 Å². The van der Waals surface area contributed by atoms with E-state index in [4.69, 9.17) is 79.4 Å². The Morgan fingerprint density at radius 1 is 0.524 bits per heavy atom. The van der Waals surface area contributed by atoms with Crippen LogP contribution in [0.5, 0.6) is 11.5 Å². The van der Waals surface area contributed by atoms with Gasteiger partial charge in [-0.15, -0.1) is 0 Å². The monoisotopic (exact) mass is 406 g/mol. The summed E-state index contributed by atoms with van der Waals surface area (Å²) < 4.78 is 0. The molecule has 0 aliphatic carbocycles. The van der Waals surface area contributed by atoms with E-state index in [1.54, 1.807) is 0 Å². The minimum absolute atomic E-state index is 0.0314. The van der Waals surface area contributed by atoms with Crippen LogP contribution in [0.4, 0.5) is 0 Å². The highest BCUT2D eigenvalue weighted by molar-refractivity contribution is 6.40. The van der Waals surface area contributed by atoms with Gasteiger partial charge < -0.3 is 0 Å². The Labute approximate surface area is 150 Å². The Morgan fingerprint density at radius 3 is 1.10 bits per heavy atom. The molecule has 0 aliphatic rings. The van der Waals surface area contributed by atoms with E-state index in [1.807, 2.05) is 0 Å². The zero-order chi connectivity index (χ0) is 15.6. The highest BCUT2D eigenvalue weighted by atomic mass is 35.5. The highest BCUT2D eigenvalue weighted by Gasteiger charge is 2.14. The molecule has 3 nitrogen and oxygen atoms in total. The van der Waals surface area contributed by atoms with E-state index < -0.39 is 0 Å². The summed E-state index contributed by atoms with van der Waals surface area (Å²) in [5, 5.41) is 5.85. The number of benzene rings is 2. The number of rotatable bonds is 4. The smallest absolute Gasteiger partial charge is 0.206 e. The molecule has 0 radical (unpaired) electrons. The first-order valence-electron chi connectivity index (χ1n) is 5.18. The standard InChI is InChI=1S/C12H4Cl6O3/c13-5-1-7(15)11(8(16)2-5)19-21-20-12-9(17)3-6(14)4-10(12)18/h1-4H. The lowest BCUT2D eigenvalue weighted by molar-refractivity contribution is -0.411. The number of hydrogen-bond acceptors (Lipinski definition) is 3. The van der Waals surface area contributed by atoms with E-state index in [-0.39, 0.29) is 31.6 Å². The van der Waals surface area contributed by atoms with Crippen LogP contribution >= 0.6 is 69.6 Å². The van der Waals surface area contributed by atoms with Crippen molar-refractivity contribution in [3.05, 3.63) is 54.4 Å². The molecule has 0 saturated carbocycles. The molecular formula is C12H4Cl6O3. The Morgan fingerprint density at radius 2 is 0.810 bits per heavy atom. The Bertz CT molecular complexity index is 573. The van der Waals surface area contributed by atoms with Gasteiger partial charge in [0.2, 0.25) is 11.5 Å². The predicted molar refractivity (Wildman–Crippen MR) is 85.3 cm³/mol. The third-order valence-corrected chi connectivity index (χ3v) is 3.72. The van der Waals surface area contributed by atoms with Crippen molar-refractivity contribution in [2.24, 2.45) is 0 Å². The van der Waals surface area contributed by atoms with Crippen molar-refractivity contribution in [1.82, 2.24) is 0 Å². The maximum Gasteiger partial charge on any atom is 0.206 e. The summed E-state index contributed by atoms with van der Waals surface area (Å²) in [5.41, 5.74) is 0. The van der Waals surface area contributed by atoms with Crippen molar-refractivity contribution < 1.29 is 14.8 Å². The Hall–Kier alpha value is -0.260. The molecule has 0 aliphatic heterocycles. The molecule has 0 heterocycles. The third kappa shape index (κ3) is 4.36. The fourth-order valence-corrected chi connectivity index (χ4v) is 3.06.